The average Bonchev–Trinajstić information content (AvgIpc) is 2.17. The number of rotatable bonds is 2. The van der Waals surface area contributed by atoms with Crippen molar-refractivity contribution in [2.24, 2.45) is 5.73 Å². The minimum Gasteiger partial charge on any atom is -0.330 e. The van der Waals surface area contributed by atoms with Crippen LogP contribution >= 0.6 is 22.9 Å². The van der Waals surface area contributed by atoms with E-state index in [-0.39, 0.29) is 0 Å². The van der Waals surface area contributed by atoms with E-state index in [1.165, 1.54) is 0 Å². The molecule has 9 heavy (non-hydrogen) atoms. The number of nitrogens with zero attached hydrogens (tertiary/aromatic N) is 2. The first-order chi connectivity index (χ1) is 4.33. The predicted octanol–water partition coefficient (Wildman–Crippen LogP) is 0.582. The highest BCUT2D eigenvalue weighted by Gasteiger charge is 1.92. The van der Waals surface area contributed by atoms with Crippen LogP contribution in [-0.2, 0) is 6.42 Å². The van der Waals surface area contributed by atoms with Gasteiger partial charge < -0.3 is 5.73 Å². The first kappa shape index (κ1) is 7.01. The highest BCUT2D eigenvalue weighted by molar-refractivity contribution is 14.1. The Kier molecular flexibility index (Phi) is 2.47. The van der Waals surface area contributed by atoms with E-state index in [0.717, 1.165) is 12.1 Å². The zero-order valence-electron chi connectivity index (χ0n) is 4.92. The van der Waals surface area contributed by atoms with Crippen molar-refractivity contribution in [1.29, 1.82) is 0 Å². The third-order valence-electron chi connectivity index (χ3n) is 1.01. The van der Waals surface area contributed by atoms with Crippen molar-refractivity contribution in [1.82, 2.24) is 7.76 Å². The lowest BCUT2D eigenvalue weighted by Gasteiger charge is -1.85. The van der Waals surface area contributed by atoms with Crippen LogP contribution < -0.4 is 5.73 Å². The zero-order chi connectivity index (χ0) is 6.69. The summed E-state index contributed by atoms with van der Waals surface area (Å²) in [6, 6.07) is 0. The predicted molar refractivity (Wildman–Crippen MR) is 44.4 cm³/mol. The molecule has 1 heterocycles. The third-order valence-corrected chi connectivity index (χ3v) is 1.53. The molecule has 1 rings (SSSR count). The Bertz CT molecular complexity index is 184. The van der Waals surface area contributed by atoms with E-state index in [1.54, 1.807) is 6.33 Å². The van der Waals surface area contributed by atoms with Gasteiger partial charge in [0.2, 0.25) is 0 Å². The SMILES string of the molecule is NCCc1cn(I)cn1. The summed E-state index contributed by atoms with van der Waals surface area (Å²) in [5, 5.41) is 0. The van der Waals surface area contributed by atoms with Crippen LogP contribution in [0.4, 0.5) is 0 Å². The van der Waals surface area contributed by atoms with Gasteiger partial charge in [0.05, 0.1) is 28.6 Å². The Labute approximate surface area is 67.8 Å². The van der Waals surface area contributed by atoms with Crippen LogP contribution in [0, 0.1) is 0 Å². The summed E-state index contributed by atoms with van der Waals surface area (Å²) in [4.78, 5) is 4.08. The first-order valence-electron chi connectivity index (χ1n) is 2.72. The molecule has 50 valence electrons. The van der Waals surface area contributed by atoms with Gasteiger partial charge in [-0.2, -0.15) is 0 Å². The molecule has 0 aliphatic rings. The largest absolute Gasteiger partial charge is 0.330 e. The second-order valence-electron chi connectivity index (χ2n) is 1.75. The minimum atomic E-state index is 0.674. The van der Waals surface area contributed by atoms with Crippen molar-refractivity contribution in [3.05, 3.63) is 18.2 Å². The second-order valence-corrected chi connectivity index (χ2v) is 2.86. The van der Waals surface area contributed by atoms with Gasteiger partial charge in [0.15, 0.2) is 0 Å². The van der Waals surface area contributed by atoms with Crippen molar-refractivity contribution >= 4 is 22.9 Å². The smallest absolute Gasteiger partial charge is 0.104 e. The lowest BCUT2D eigenvalue weighted by Crippen LogP contribution is -2.02. The fraction of sp³-hybridized carbons (Fsp3) is 0.400. The Hall–Kier alpha value is -0.100. The zero-order valence-corrected chi connectivity index (χ0v) is 7.08. The molecule has 1 aromatic rings. The molecular weight excluding hydrogens is 229 g/mol. The number of imidazole rings is 1. The summed E-state index contributed by atoms with van der Waals surface area (Å²) < 4.78 is 1.89. The summed E-state index contributed by atoms with van der Waals surface area (Å²) in [6.45, 7) is 0.674. The molecule has 2 N–H and O–H groups in total. The molecule has 0 aliphatic heterocycles. The maximum atomic E-state index is 5.32. The van der Waals surface area contributed by atoms with Crippen molar-refractivity contribution < 1.29 is 0 Å². The van der Waals surface area contributed by atoms with Crippen molar-refractivity contribution in [3.8, 4) is 0 Å². The van der Waals surface area contributed by atoms with E-state index in [0.29, 0.717) is 6.54 Å². The van der Waals surface area contributed by atoms with E-state index < -0.39 is 0 Å². The Morgan fingerprint density at radius 2 is 2.56 bits per heavy atom. The minimum absolute atomic E-state index is 0.674. The van der Waals surface area contributed by atoms with Gasteiger partial charge >= 0.3 is 0 Å². The summed E-state index contributed by atoms with van der Waals surface area (Å²) in [5.74, 6) is 0. The van der Waals surface area contributed by atoms with E-state index in [2.05, 4.69) is 27.8 Å². The Balaban J connectivity index is 2.61. The van der Waals surface area contributed by atoms with Crippen LogP contribution in [0.3, 0.4) is 0 Å². The highest BCUT2D eigenvalue weighted by atomic mass is 127. The highest BCUT2D eigenvalue weighted by Crippen LogP contribution is 1.98. The third kappa shape index (κ3) is 1.94. The molecule has 0 fully saturated rings. The van der Waals surface area contributed by atoms with Gasteiger partial charge in [-0.25, -0.2) is 4.98 Å². The summed E-state index contributed by atoms with van der Waals surface area (Å²) in [6.07, 6.45) is 4.61. The molecule has 0 saturated carbocycles. The fourth-order valence-corrected chi connectivity index (χ4v) is 1.06. The first-order valence-corrected chi connectivity index (χ1v) is 3.68. The monoisotopic (exact) mass is 237 g/mol. The molecular formula is C5H8IN3. The van der Waals surface area contributed by atoms with E-state index in [4.69, 9.17) is 5.73 Å². The maximum Gasteiger partial charge on any atom is 0.104 e. The molecule has 0 aliphatic carbocycles. The summed E-state index contributed by atoms with van der Waals surface area (Å²) >= 11 is 2.15. The van der Waals surface area contributed by atoms with Gasteiger partial charge in [0, 0.05) is 12.6 Å². The molecule has 4 heteroatoms. The van der Waals surface area contributed by atoms with E-state index in [9.17, 15) is 0 Å². The van der Waals surface area contributed by atoms with Gasteiger partial charge in [-0.05, 0) is 6.54 Å². The maximum absolute atomic E-state index is 5.32. The second kappa shape index (κ2) is 3.17. The van der Waals surface area contributed by atoms with Crippen molar-refractivity contribution in [2.45, 2.75) is 6.42 Å². The number of nitrogens with two attached hydrogens (primary N) is 1. The molecule has 0 saturated heterocycles. The van der Waals surface area contributed by atoms with Crippen LogP contribution in [0.5, 0.6) is 0 Å². The van der Waals surface area contributed by atoms with E-state index >= 15 is 0 Å². The van der Waals surface area contributed by atoms with Gasteiger partial charge in [-0.15, -0.1) is 0 Å². The molecule has 0 atom stereocenters. The van der Waals surface area contributed by atoms with Gasteiger partial charge in [0.1, 0.15) is 6.33 Å². The number of halogens is 1. The molecule has 3 nitrogen and oxygen atoms in total. The Morgan fingerprint density at radius 3 is 3.00 bits per heavy atom. The lowest BCUT2D eigenvalue weighted by molar-refractivity contribution is 0.935. The topological polar surface area (TPSA) is 43.8 Å². The average molecular weight is 237 g/mol. The normalized spacial score (nSPS) is 10.0. The van der Waals surface area contributed by atoms with Crippen LogP contribution in [0.15, 0.2) is 12.5 Å². The van der Waals surface area contributed by atoms with Crippen LogP contribution in [0.25, 0.3) is 0 Å². The molecule has 0 unspecified atom stereocenters. The fourth-order valence-electron chi connectivity index (χ4n) is 0.615. The van der Waals surface area contributed by atoms with Crippen LogP contribution in [0.2, 0.25) is 0 Å². The lowest BCUT2D eigenvalue weighted by atomic mass is 10.3. The molecule has 1 aromatic heterocycles. The van der Waals surface area contributed by atoms with Crippen molar-refractivity contribution in [3.63, 3.8) is 0 Å². The number of hydrogen-bond donors (Lipinski definition) is 1. The van der Waals surface area contributed by atoms with Crippen LogP contribution in [-0.4, -0.2) is 14.3 Å². The van der Waals surface area contributed by atoms with Crippen molar-refractivity contribution in [2.75, 3.05) is 6.54 Å². The molecule has 0 aromatic carbocycles. The number of hydrogen-bond acceptors (Lipinski definition) is 2. The summed E-state index contributed by atoms with van der Waals surface area (Å²) in [7, 11) is 0. The van der Waals surface area contributed by atoms with E-state index in [1.807, 2.05) is 8.98 Å². The van der Waals surface area contributed by atoms with Gasteiger partial charge in [-0.3, -0.25) is 2.78 Å². The number of aromatic nitrogens is 2. The van der Waals surface area contributed by atoms with Crippen LogP contribution in [0.1, 0.15) is 5.69 Å². The Morgan fingerprint density at radius 1 is 1.78 bits per heavy atom. The van der Waals surface area contributed by atoms with Gasteiger partial charge in [-0.1, -0.05) is 0 Å². The molecule has 0 bridgehead atoms. The van der Waals surface area contributed by atoms with Gasteiger partial charge in [0.25, 0.3) is 0 Å². The molecule has 0 radical (unpaired) electrons. The molecule has 0 spiro atoms. The standard InChI is InChI=1S/C5H8IN3/c6-9-3-5(1-2-7)8-4-9/h3-4H,1-2,7H2. The summed E-state index contributed by atoms with van der Waals surface area (Å²) in [5.41, 5.74) is 6.38. The molecule has 0 amide bonds. The quantitative estimate of drug-likeness (QED) is 0.764.